The maximum atomic E-state index is 4.13. The summed E-state index contributed by atoms with van der Waals surface area (Å²) in [6, 6.07) is 11.3. The molecule has 2 aromatic rings. The maximum absolute atomic E-state index is 4.13. The van der Waals surface area contributed by atoms with Crippen LogP contribution in [0.1, 0.15) is 41.6 Å². The Hall–Kier alpha value is -1.67. The topological polar surface area (TPSA) is 24.9 Å². The van der Waals surface area contributed by atoms with Crippen molar-refractivity contribution in [3.05, 3.63) is 65.0 Å². The molecule has 0 spiro atoms. The maximum Gasteiger partial charge on any atom is 0.0320 e. The van der Waals surface area contributed by atoms with E-state index in [1.807, 2.05) is 12.4 Å². The van der Waals surface area contributed by atoms with Gasteiger partial charge in [0.2, 0.25) is 0 Å². The smallest absolute Gasteiger partial charge is 0.0320 e. The molecular formula is C17H22N2. The van der Waals surface area contributed by atoms with Gasteiger partial charge in [0.1, 0.15) is 0 Å². The molecule has 0 radical (unpaired) electrons. The first-order chi connectivity index (χ1) is 9.20. The van der Waals surface area contributed by atoms with Crippen LogP contribution in [0.5, 0.6) is 0 Å². The largest absolute Gasteiger partial charge is 0.306 e. The number of hydrogen-bond donors (Lipinski definition) is 1. The molecular weight excluding hydrogens is 232 g/mol. The highest BCUT2D eigenvalue weighted by atomic mass is 14.9. The molecule has 0 saturated heterocycles. The minimum atomic E-state index is 0.410. The van der Waals surface area contributed by atoms with Crippen LogP contribution in [0, 0.1) is 13.8 Å². The monoisotopic (exact) mass is 254 g/mol. The molecule has 1 N–H and O–H groups in total. The van der Waals surface area contributed by atoms with Gasteiger partial charge in [-0.05, 0) is 43.0 Å². The minimum Gasteiger partial charge on any atom is -0.306 e. The third-order valence-corrected chi connectivity index (χ3v) is 3.56. The number of rotatable bonds is 5. The van der Waals surface area contributed by atoms with E-state index in [2.05, 4.69) is 61.4 Å². The van der Waals surface area contributed by atoms with E-state index >= 15 is 0 Å². The average molecular weight is 254 g/mol. The molecule has 0 fully saturated rings. The molecule has 19 heavy (non-hydrogen) atoms. The Morgan fingerprint density at radius 3 is 2.47 bits per heavy atom. The van der Waals surface area contributed by atoms with Gasteiger partial charge >= 0.3 is 0 Å². The molecule has 0 bridgehead atoms. The molecule has 1 aromatic carbocycles. The first-order valence-electron chi connectivity index (χ1n) is 6.90. The van der Waals surface area contributed by atoms with Gasteiger partial charge in [-0.2, -0.15) is 0 Å². The van der Waals surface area contributed by atoms with Gasteiger partial charge in [-0.15, -0.1) is 0 Å². The predicted octanol–water partition coefficient (Wildman–Crippen LogP) is 3.94. The summed E-state index contributed by atoms with van der Waals surface area (Å²) in [5.41, 5.74) is 5.23. The van der Waals surface area contributed by atoms with E-state index in [0.29, 0.717) is 6.04 Å². The molecule has 0 aliphatic rings. The number of nitrogens with one attached hydrogen (secondary N) is 1. The Bertz CT molecular complexity index is 517. The van der Waals surface area contributed by atoms with Crippen LogP contribution in [0.2, 0.25) is 0 Å². The number of benzene rings is 1. The second kappa shape index (κ2) is 6.48. The number of nitrogens with zero attached hydrogens (tertiary/aromatic N) is 1. The van der Waals surface area contributed by atoms with Crippen molar-refractivity contribution in [2.24, 2.45) is 0 Å². The molecule has 1 heterocycles. The van der Waals surface area contributed by atoms with Crippen LogP contribution in [0.4, 0.5) is 0 Å². The van der Waals surface area contributed by atoms with Crippen molar-refractivity contribution in [3.63, 3.8) is 0 Å². The van der Waals surface area contributed by atoms with Gasteiger partial charge in [-0.1, -0.05) is 36.8 Å². The van der Waals surface area contributed by atoms with Gasteiger partial charge in [-0.3, -0.25) is 4.98 Å². The summed E-state index contributed by atoms with van der Waals surface area (Å²) in [4.78, 5) is 4.13. The zero-order valence-electron chi connectivity index (χ0n) is 12.0. The van der Waals surface area contributed by atoms with E-state index < -0.39 is 0 Å². The van der Waals surface area contributed by atoms with Crippen molar-refractivity contribution in [3.8, 4) is 0 Å². The fourth-order valence-corrected chi connectivity index (χ4v) is 2.23. The fraction of sp³-hybridized carbons (Fsp3) is 0.353. The van der Waals surface area contributed by atoms with E-state index in [1.54, 1.807) is 0 Å². The Labute approximate surface area is 115 Å². The third kappa shape index (κ3) is 3.65. The second-order valence-corrected chi connectivity index (χ2v) is 5.05. The van der Waals surface area contributed by atoms with Crippen molar-refractivity contribution in [1.29, 1.82) is 0 Å². The Morgan fingerprint density at radius 1 is 1.11 bits per heavy atom. The Kier molecular flexibility index (Phi) is 4.69. The van der Waals surface area contributed by atoms with Crippen LogP contribution < -0.4 is 5.32 Å². The van der Waals surface area contributed by atoms with E-state index in [4.69, 9.17) is 0 Å². The normalized spacial score (nSPS) is 12.4. The number of hydrogen-bond acceptors (Lipinski definition) is 2. The minimum absolute atomic E-state index is 0.410. The lowest BCUT2D eigenvalue weighted by molar-refractivity contribution is 0.518. The summed E-state index contributed by atoms with van der Waals surface area (Å²) < 4.78 is 0. The van der Waals surface area contributed by atoms with E-state index in [1.165, 1.54) is 22.3 Å². The Morgan fingerprint density at radius 2 is 1.84 bits per heavy atom. The summed E-state index contributed by atoms with van der Waals surface area (Å²) in [6.07, 6.45) is 4.87. The predicted molar refractivity (Wildman–Crippen MR) is 80.0 cm³/mol. The fourth-order valence-electron chi connectivity index (χ4n) is 2.23. The first-order valence-corrected chi connectivity index (χ1v) is 6.90. The number of aryl methyl sites for hydroxylation is 2. The van der Waals surface area contributed by atoms with Gasteiger partial charge in [0.25, 0.3) is 0 Å². The van der Waals surface area contributed by atoms with Gasteiger partial charge in [0.05, 0.1) is 0 Å². The molecule has 0 aliphatic carbocycles. The number of pyridine rings is 1. The van der Waals surface area contributed by atoms with Crippen LogP contribution in [-0.4, -0.2) is 4.98 Å². The van der Waals surface area contributed by atoms with Crippen LogP contribution in [-0.2, 0) is 6.54 Å². The van der Waals surface area contributed by atoms with Crippen molar-refractivity contribution < 1.29 is 0 Å². The summed E-state index contributed by atoms with van der Waals surface area (Å²) >= 11 is 0. The third-order valence-electron chi connectivity index (χ3n) is 3.56. The SMILES string of the molecule is CCC(NCc1ccncc1C)c1ccc(C)cc1. The molecule has 0 amide bonds. The van der Waals surface area contributed by atoms with E-state index in [0.717, 1.165) is 13.0 Å². The summed E-state index contributed by atoms with van der Waals surface area (Å²) in [7, 11) is 0. The Balaban J connectivity index is 2.04. The van der Waals surface area contributed by atoms with Gasteiger partial charge in [0, 0.05) is 25.0 Å². The highest BCUT2D eigenvalue weighted by Gasteiger charge is 2.08. The standard InChI is InChI=1S/C17H22N2/c1-4-17(15-7-5-13(2)6-8-15)19-12-16-9-10-18-11-14(16)3/h5-11,17,19H,4,12H2,1-3H3. The van der Waals surface area contributed by atoms with Gasteiger partial charge in [0.15, 0.2) is 0 Å². The molecule has 0 saturated carbocycles. The summed E-state index contributed by atoms with van der Waals surface area (Å²) in [5.74, 6) is 0. The van der Waals surface area contributed by atoms with Crippen LogP contribution in [0.25, 0.3) is 0 Å². The van der Waals surface area contributed by atoms with Crippen molar-refractivity contribution >= 4 is 0 Å². The zero-order chi connectivity index (χ0) is 13.7. The summed E-state index contributed by atoms with van der Waals surface area (Å²) in [6.45, 7) is 7.34. The van der Waals surface area contributed by atoms with E-state index in [-0.39, 0.29) is 0 Å². The lowest BCUT2D eigenvalue weighted by Crippen LogP contribution is -2.20. The molecule has 1 unspecified atom stereocenters. The van der Waals surface area contributed by atoms with Gasteiger partial charge < -0.3 is 5.32 Å². The van der Waals surface area contributed by atoms with E-state index in [9.17, 15) is 0 Å². The van der Waals surface area contributed by atoms with Gasteiger partial charge in [-0.25, -0.2) is 0 Å². The quantitative estimate of drug-likeness (QED) is 0.874. The molecule has 1 atom stereocenters. The summed E-state index contributed by atoms with van der Waals surface area (Å²) in [5, 5.41) is 3.63. The lowest BCUT2D eigenvalue weighted by Gasteiger charge is -2.18. The number of aromatic nitrogens is 1. The van der Waals surface area contributed by atoms with Crippen LogP contribution in [0.15, 0.2) is 42.7 Å². The highest BCUT2D eigenvalue weighted by Crippen LogP contribution is 2.18. The molecule has 2 nitrogen and oxygen atoms in total. The van der Waals surface area contributed by atoms with Crippen molar-refractivity contribution in [2.75, 3.05) is 0 Å². The molecule has 2 heteroatoms. The van der Waals surface area contributed by atoms with Crippen LogP contribution in [0.3, 0.4) is 0 Å². The molecule has 1 aromatic heterocycles. The molecule has 0 aliphatic heterocycles. The van der Waals surface area contributed by atoms with Crippen LogP contribution >= 0.6 is 0 Å². The van der Waals surface area contributed by atoms with Crippen molar-refractivity contribution in [1.82, 2.24) is 10.3 Å². The first kappa shape index (κ1) is 13.8. The second-order valence-electron chi connectivity index (χ2n) is 5.05. The molecule has 2 rings (SSSR count). The molecule has 100 valence electrons. The highest BCUT2D eigenvalue weighted by molar-refractivity contribution is 5.25. The zero-order valence-corrected chi connectivity index (χ0v) is 12.0. The van der Waals surface area contributed by atoms with Crippen molar-refractivity contribution in [2.45, 2.75) is 39.8 Å². The lowest BCUT2D eigenvalue weighted by atomic mass is 10.0. The average Bonchev–Trinajstić information content (AvgIpc) is 2.43.